The first-order valence-corrected chi connectivity index (χ1v) is 7.81. The van der Waals surface area contributed by atoms with Gasteiger partial charge in [0, 0.05) is 6.04 Å². The van der Waals surface area contributed by atoms with Crippen LogP contribution in [0.25, 0.3) is 0 Å². The molecule has 0 spiro atoms. The molecule has 2 rings (SSSR count). The van der Waals surface area contributed by atoms with Gasteiger partial charge in [-0.2, -0.15) is 10.2 Å². The summed E-state index contributed by atoms with van der Waals surface area (Å²) in [4.78, 5) is 0. The Morgan fingerprint density at radius 2 is 2.11 bits per heavy atom. The van der Waals surface area contributed by atoms with Gasteiger partial charge in [-0.05, 0) is 56.7 Å². The van der Waals surface area contributed by atoms with Gasteiger partial charge in [-0.3, -0.25) is 0 Å². The van der Waals surface area contributed by atoms with E-state index in [9.17, 15) is 0 Å². The third kappa shape index (κ3) is 4.27. The smallest absolute Gasteiger partial charge is 0.0676 e. The molecule has 1 saturated carbocycles. The molecule has 1 atom stereocenters. The Kier molecular flexibility index (Phi) is 5.32. The molecule has 0 aromatic carbocycles. The molecule has 1 unspecified atom stereocenters. The zero-order chi connectivity index (χ0) is 13.7. The average Bonchev–Trinajstić information content (AvgIpc) is 3.23. The summed E-state index contributed by atoms with van der Waals surface area (Å²) in [5, 5.41) is 12.3. The largest absolute Gasteiger partial charge is 0.310 e. The lowest BCUT2D eigenvalue weighted by Crippen LogP contribution is -2.24. The highest BCUT2D eigenvalue weighted by molar-refractivity contribution is 5.25. The van der Waals surface area contributed by atoms with E-state index in [1.807, 2.05) is 6.92 Å². The van der Waals surface area contributed by atoms with Gasteiger partial charge in [0.2, 0.25) is 0 Å². The third-order valence-electron chi connectivity index (χ3n) is 3.94. The van der Waals surface area contributed by atoms with E-state index in [0.717, 1.165) is 30.3 Å². The summed E-state index contributed by atoms with van der Waals surface area (Å²) in [7, 11) is 0. The zero-order valence-corrected chi connectivity index (χ0v) is 12.6. The number of nitrogens with one attached hydrogen (secondary N) is 1. The molecule has 19 heavy (non-hydrogen) atoms. The SMILES string of the molecule is CCCNC(CCC1CC1)c1cc(C)nnc1CC. The van der Waals surface area contributed by atoms with Crippen molar-refractivity contribution in [1.82, 2.24) is 15.5 Å². The van der Waals surface area contributed by atoms with E-state index in [0.29, 0.717) is 6.04 Å². The number of hydrogen-bond donors (Lipinski definition) is 1. The normalized spacial score (nSPS) is 16.6. The van der Waals surface area contributed by atoms with Crippen molar-refractivity contribution in [1.29, 1.82) is 0 Å². The molecule has 3 heteroatoms. The Morgan fingerprint density at radius 1 is 1.32 bits per heavy atom. The summed E-state index contributed by atoms with van der Waals surface area (Å²) < 4.78 is 0. The van der Waals surface area contributed by atoms with E-state index in [2.05, 4.69) is 35.4 Å². The molecule has 0 saturated heterocycles. The van der Waals surface area contributed by atoms with Crippen LogP contribution in [0.1, 0.15) is 68.9 Å². The number of aromatic nitrogens is 2. The van der Waals surface area contributed by atoms with E-state index < -0.39 is 0 Å². The van der Waals surface area contributed by atoms with Crippen LogP contribution in [0.5, 0.6) is 0 Å². The van der Waals surface area contributed by atoms with Crippen molar-refractivity contribution in [3.05, 3.63) is 23.0 Å². The molecule has 0 amide bonds. The van der Waals surface area contributed by atoms with Crippen LogP contribution in [0, 0.1) is 12.8 Å². The lowest BCUT2D eigenvalue weighted by molar-refractivity contribution is 0.464. The highest BCUT2D eigenvalue weighted by Crippen LogP contribution is 2.36. The first-order chi connectivity index (χ1) is 9.24. The molecule has 0 bridgehead atoms. The van der Waals surface area contributed by atoms with Crippen LogP contribution in [-0.2, 0) is 6.42 Å². The topological polar surface area (TPSA) is 37.8 Å². The van der Waals surface area contributed by atoms with Gasteiger partial charge in [-0.15, -0.1) is 0 Å². The fourth-order valence-electron chi connectivity index (χ4n) is 2.61. The second-order valence-corrected chi connectivity index (χ2v) is 5.77. The molecule has 1 fully saturated rings. The first kappa shape index (κ1) is 14.4. The second kappa shape index (κ2) is 6.99. The van der Waals surface area contributed by atoms with Crippen molar-refractivity contribution in [2.45, 2.75) is 65.3 Å². The monoisotopic (exact) mass is 261 g/mol. The molecule has 0 radical (unpaired) electrons. The molecule has 0 aliphatic heterocycles. The molecule has 106 valence electrons. The molecule has 3 nitrogen and oxygen atoms in total. The Hall–Kier alpha value is -0.960. The fourth-order valence-corrected chi connectivity index (χ4v) is 2.61. The Labute approximate surface area is 117 Å². The second-order valence-electron chi connectivity index (χ2n) is 5.77. The quantitative estimate of drug-likeness (QED) is 0.777. The number of hydrogen-bond acceptors (Lipinski definition) is 3. The zero-order valence-electron chi connectivity index (χ0n) is 12.6. The lowest BCUT2D eigenvalue weighted by Gasteiger charge is -2.21. The summed E-state index contributed by atoms with van der Waals surface area (Å²) in [6.07, 6.45) is 7.62. The van der Waals surface area contributed by atoms with Crippen molar-refractivity contribution in [3.8, 4) is 0 Å². The summed E-state index contributed by atoms with van der Waals surface area (Å²) in [6.45, 7) is 7.51. The maximum Gasteiger partial charge on any atom is 0.0676 e. The predicted octanol–water partition coefficient (Wildman–Crippen LogP) is 3.58. The Morgan fingerprint density at radius 3 is 2.74 bits per heavy atom. The van der Waals surface area contributed by atoms with Crippen LogP contribution < -0.4 is 5.32 Å². The molecule has 1 heterocycles. The van der Waals surface area contributed by atoms with Crippen LogP contribution in [0.4, 0.5) is 0 Å². The van der Waals surface area contributed by atoms with E-state index in [-0.39, 0.29) is 0 Å². The van der Waals surface area contributed by atoms with Gasteiger partial charge < -0.3 is 5.32 Å². The Balaban J connectivity index is 2.11. The summed E-state index contributed by atoms with van der Waals surface area (Å²) in [6, 6.07) is 2.69. The molecule has 1 aromatic heterocycles. The van der Waals surface area contributed by atoms with Crippen molar-refractivity contribution >= 4 is 0 Å². The van der Waals surface area contributed by atoms with E-state index in [1.165, 1.54) is 37.7 Å². The van der Waals surface area contributed by atoms with Crippen LogP contribution in [0.3, 0.4) is 0 Å². The van der Waals surface area contributed by atoms with Crippen molar-refractivity contribution in [3.63, 3.8) is 0 Å². The molecular weight excluding hydrogens is 234 g/mol. The molecule has 1 aromatic rings. The van der Waals surface area contributed by atoms with Gasteiger partial charge in [0.15, 0.2) is 0 Å². The maximum atomic E-state index is 4.38. The lowest BCUT2D eigenvalue weighted by atomic mass is 9.97. The Bertz CT molecular complexity index is 399. The minimum atomic E-state index is 0.463. The molecule has 1 N–H and O–H groups in total. The highest BCUT2D eigenvalue weighted by Gasteiger charge is 2.24. The van der Waals surface area contributed by atoms with E-state index in [1.54, 1.807) is 0 Å². The standard InChI is InChI=1S/C16H27N3/c1-4-10-17-16(9-8-13-6-7-13)14-11-12(3)18-19-15(14)5-2/h11,13,16-17H,4-10H2,1-3H3. The minimum absolute atomic E-state index is 0.463. The van der Waals surface area contributed by atoms with Crippen LogP contribution in [0.15, 0.2) is 6.07 Å². The number of rotatable bonds is 8. The molecule has 1 aliphatic carbocycles. The van der Waals surface area contributed by atoms with Gasteiger partial charge in [0.1, 0.15) is 0 Å². The van der Waals surface area contributed by atoms with Crippen LogP contribution >= 0.6 is 0 Å². The fraction of sp³-hybridized carbons (Fsp3) is 0.750. The van der Waals surface area contributed by atoms with Crippen molar-refractivity contribution < 1.29 is 0 Å². The number of nitrogens with zero attached hydrogens (tertiary/aromatic N) is 2. The van der Waals surface area contributed by atoms with E-state index in [4.69, 9.17) is 0 Å². The van der Waals surface area contributed by atoms with Gasteiger partial charge in [-0.1, -0.05) is 26.7 Å². The summed E-state index contributed by atoms with van der Waals surface area (Å²) in [5.74, 6) is 0.992. The molecular formula is C16H27N3. The van der Waals surface area contributed by atoms with Crippen molar-refractivity contribution in [2.24, 2.45) is 5.92 Å². The first-order valence-electron chi connectivity index (χ1n) is 7.81. The van der Waals surface area contributed by atoms with Gasteiger partial charge in [-0.25, -0.2) is 0 Å². The summed E-state index contributed by atoms with van der Waals surface area (Å²) in [5.41, 5.74) is 3.57. The number of aryl methyl sites for hydroxylation is 2. The maximum absolute atomic E-state index is 4.38. The summed E-state index contributed by atoms with van der Waals surface area (Å²) >= 11 is 0. The minimum Gasteiger partial charge on any atom is -0.310 e. The van der Waals surface area contributed by atoms with Gasteiger partial charge in [0.25, 0.3) is 0 Å². The van der Waals surface area contributed by atoms with Crippen LogP contribution in [-0.4, -0.2) is 16.7 Å². The molecule has 1 aliphatic rings. The highest BCUT2D eigenvalue weighted by atomic mass is 15.1. The van der Waals surface area contributed by atoms with Gasteiger partial charge in [0.05, 0.1) is 11.4 Å². The van der Waals surface area contributed by atoms with Crippen LogP contribution in [0.2, 0.25) is 0 Å². The average molecular weight is 261 g/mol. The van der Waals surface area contributed by atoms with Gasteiger partial charge >= 0.3 is 0 Å². The van der Waals surface area contributed by atoms with E-state index >= 15 is 0 Å². The third-order valence-corrected chi connectivity index (χ3v) is 3.94. The van der Waals surface area contributed by atoms with Crippen molar-refractivity contribution in [2.75, 3.05) is 6.54 Å². The predicted molar refractivity (Wildman–Crippen MR) is 79.1 cm³/mol.